The number of hydrogen-bond donors (Lipinski definition) is 0. The third-order valence-corrected chi connectivity index (χ3v) is 4.33. The maximum atomic E-state index is 6.15. The van der Waals surface area contributed by atoms with Gasteiger partial charge in [0.2, 0.25) is 0 Å². The predicted octanol–water partition coefficient (Wildman–Crippen LogP) is 3.67. The van der Waals surface area contributed by atoms with Crippen LogP contribution in [0, 0.1) is 0 Å². The van der Waals surface area contributed by atoms with Crippen LogP contribution in [-0.2, 0) is 0 Å². The van der Waals surface area contributed by atoms with Crippen LogP contribution in [-0.4, -0.2) is 19.4 Å². The molecule has 2 aliphatic rings. The molecule has 0 saturated carbocycles. The topological polar surface area (TPSA) is 43.1 Å². The Kier molecular flexibility index (Phi) is 2.17. The summed E-state index contributed by atoms with van der Waals surface area (Å²) in [6, 6.07) is 2.00. The van der Waals surface area contributed by atoms with Crippen LogP contribution in [0.4, 0.5) is 0 Å². The van der Waals surface area contributed by atoms with Crippen molar-refractivity contribution in [2.75, 3.05) is 0 Å². The zero-order valence-electron chi connectivity index (χ0n) is 8.87. The zero-order chi connectivity index (χ0) is 12.1. The van der Waals surface area contributed by atoms with Gasteiger partial charge in [0.15, 0.2) is 21.8 Å². The van der Waals surface area contributed by atoms with Gasteiger partial charge in [0, 0.05) is 22.5 Å². The molecule has 0 bridgehead atoms. The molecule has 0 amide bonds. The first-order valence-electron chi connectivity index (χ1n) is 5.14. The third kappa shape index (κ3) is 1.40. The molecule has 0 radical (unpaired) electrons. The van der Waals surface area contributed by atoms with E-state index in [1.165, 1.54) is 11.3 Å². The second-order valence-corrected chi connectivity index (χ2v) is 5.70. The van der Waals surface area contributed by atoms with Crippen molar-refractivity contribution >= 4 is 39.2 Å². The van der Waals surface area contributed by atoms with Gasteiger partial charge in [0.25, 0.3) is 0 Å². The smallest absolute Gasteiger partial charge is 0.196 e. The lowest BCUT2D eigenvalue weighted by molar-refractivity contribution is 1.10. The molecule has 0 atom stereocenters. The third-order valence-electron chi connectivity index (χ3n) is 2.63. The van der Waals surface area contributed by atoms with Crippen LogP contribution in [0.1, 0.15) is 0 Å². The Bertz CT molecular complexity index is 802. The van der Waals surface area contributed by atoms with E-state index in [1.807, 2.05) is 32.8 Å². The fourth-order valence-corrected chi connectivity index (χ4v) is 3.41. The van der Waals surface area contributed by atoms with Crippen molar-refractivity contribution in [2.45, 2.75) is 0 Å². The lowest BCUT2D eigenvalue weighted by atomic mass is 10.3. The van der Waals surface area contributed by atoms with Crippen LogP contribution >= 0.6 is 34.3 Å². The molecule has 0 saturated heterocycles. The van der Waals surface area contributed by atoms with E-state index in [-0.39, 0.29) is 0 Å². The maximum Gasteiger partial charge on any atom is 0.196 e. The molecule has 0 spiro atoms. The van der Waals surface area contributed by atoms with E-state index in [0.717, 1.165) is 16.3 Å². The van der Waals surface area contributed by atoms with Crippen LogP contribution in [0.3, 0.4) is 0 Å². The van der Waals surface area contributed by atoms with Crippen molar-refractivity contribution in [1.29, 1.82) is 0 Å². The molecule has 4 nitrogen and oxygen atoms in total. The van der Waals surface area contributed by atoms with Crippen molar-refractivity contribution in [1.82, 2.24) is 19.4 Å². The summed E-state index contributed by atoms with van der Waals surface area (Å²) < 4.78 is 1.91. The minimum atomic E-state index is 0.404. The molecule has 4 rings (SSSR count). The molecule has 2 aromatic heterocycles. The summed E-state index contributed by atoms with van der Waals surface area (Å²) in [5, 5.41) is 6.38. The lowest BCUT2D eigenvalue weighted by Crippen LogP contribution is -1.95. The van der Waals surface area contributed by atoms with Gasteiger partial charge in [-0.1, -0.05) is 11.6 Å². The van der Waals surface area contributed by atoms with Crippen LogP contribution in [0.15, 0.2) is 28.4 Å². The summed E-state index contributed by atoms with van der Waals surface area (Å²) in [5.41, 5.74) is 1.66. The van der Waals surface area contributed by atoms with Gasteiger partial charge in [-0.15, -0.1) is 11.3 Å². The highest BCUT2D eigenvalue weighted by molar-refractivity contribution is 7.15. The first-order valence-corrected chi connectivity index (χ1v) is 7.34. The van der Waals surface area contributed by atoms with E-state index in [2.05, 4.69) is 15.0 Å². The highest BCUT2D eigenvalue weighted by Crippen LogP contribution is 2.32. The van der Waals surface area contributed by atoms with Crippen molar-refractivity contribution in [3.63, 3.8) is 0 Å². The van der Waals surface area contributed by atoms with Gasteiger partial charge in [-0.25, -0.2) is 15.0 Å². The Balaban J connectivity index is 2.09. The van der Waals surface area contributed by atoms with Crippen molar-refractivity contribution < 1.29 is 0 Å². The molecule has 0 fully saturated rings. The second-order valence-electron chi connectivity index (χ2n) is 3.69. The molecular weight excluding hydrogens is 288 g/mol. The van der Waals surface area contributed by atoms with E-state index < -0.39 is 0 Å². The average Bonchev–Trinajstić information content (AvgIpc) is 3.08. The molecule has 0 aliphatic carbocycles. The van der Waals surface area contributed by atoms with Crippen LogP contribution in [0.5, 0.6) is 0 Å². The normalized spacial score (nSPS) is 11.6. The number of imidazole rings is 1. The second kappa shape index (κ2) is 3.74. The number of nitrogens with zero attached hydrogens (tertiary/aromatic N) is 4. The van der Waals surface area contributed by atoms with Crippen molar-refractivity contribution in [2.24, 2.45) is 0 Å². The van der Waals surface area contributed by atoms with Crippen LogP contribution in [0.2, 0.25) is 5.15 Å². The SMILES string of the molecule is Clc1nc2sccn2c2nc(-c3ccsc3)nc1-2. The van der Waals surface area contributed by atoms with E-state index in [1.54, 1.807) is 11.3 Å². The number of fused-ring (bicyclic) bond motifs is 3. The summed E-state index contributed by atoms with van der Waals surface area (Å²) in [6.45, 7) is 0. The number of hydrogen-bond acceptors (Lipinski definition) is 5. The Morgan fingerprint density at radius 3 is 2.94 bits per heavy atom. The van der Waals surface area contributed by atoms with Gasteiger partial charge >= 0.3 is 0 Å². The van der Waals surface area contributed by atoms with E-state index >= 15 is 0 Å². The Hall–Kier alpha value is -1.50. The fourth-order valence-electron chi connectivity index (χ4n) is 1.81. The summed E-state index contributed by atoms with van der Waals surface area (Å²) >= 11 is 9.30. The van der Waals surface area contributed by atoms with E-state index in [0.29, 0.717) is 16.7 Å². The Labute approximate surface area is 115 Å². The van der Waals surface area contributed by atoms with Gasteiger partial charge in [0.05, 0.1) is 0 Å². The number of halogens is 1. The quantitative estimate of drug-likeness (QED) is 0.503. The molecule has 0 N–H and O–H groups in total. The summed E-state index contributed by atoms with van der Waals surface area (Å²) in [6.07, 6.45) is 1.93. The van der Waals surface area contributed by atoms with Gasteiger partial charge in [0.1, 0.15) is 5.69 Å². The minimum absolute atomic E-state index is 0.404. The monoisotopic (exact) mass is 292 g/mol. The molecule has 0 unspecified atom stereocenters. The van der Waals surface area contributed by atoms with Gasteiger partial charge in [-0.05, 0) is 11.4 Å². The Morgan fingerprint density at radius 1 is 1.17 bits per heavy atom. The first kappa shape index (κ1) is 10.4. The molecule has 7 heteroatoms. The number of thiophene rings is 1. The Morgan fingerprint density at radius 2 is 2.11 bits per heavy atom. The predicted molar refractivity (Wildman–Crippen MR) is 73.6 cm³/mol. The molecule has 2 aliphatic heterocycles. The molecule has 18 heavy (non-hydrogen) atoms. The summed E-state index contributed by atoms with van der Waals surface area (Å²) in [5.74, 6) is 1.45. The minimum Gasteiger partial charge on any atom is -0.274 e. The highest BCUT2D eigenvalue weighted by atomic mass is 35.5. The first-order chi connectivity index (χ1) is 8.83. The molecule has 88 valence electrons. The summed E-state index contributed by atoms with van der Waals surface area (Å²) in [4.78, 5) is 14.2. The number of aromatic nitrogens is 4. The van der Waals surface area contributed by atoms with Gasteiger partial charge in [-0.2, -0.15) is 11.3 Å². The molecule has 2 aromatic rings. The average molecular weight is 293 g/mol. The number of rotatable bonds is 1. The van der Waals surface area contributed by atoms with Crippen LogP contribution < -0.4 is 0 Å². The molecule has 4 heterocycles. The van der Waals surface area contributed by atoms with E-state index in [4.69, 9.17) is 11.6 Å². The van der Waals surface area contributed by atoms with Gasteiger partial charge < -0.3 is 0 Å². The largest absolute Gasteiger partial charge is 0.274 e. The van der Waals surface area contributed by atoms with Crippen molar-refractivity contribution in [3.05, 3.63) is 33.6 Å². The van der Waals surface area contributed by atoms with Crippen LogP contribution in [0.25, 0.3) is 27.9 Å². The zero-order valence-corrected chi connectivity index (χ0v) is 11.3. The maximum absolute atomic E-state index is 6.15. The standard InChI is InChI=1S/C11H5ClN4S2/c12-8-7-10(16-2-4-18-11(16)14-8)15-9(13-7)6-1-3-17-5-6/h1-5H. The number of thiazole rings is 1. The van der Waals surface area contributed by atoms with Gasteiger partial charge in [-0.3, -0.25) is 4.40 Å². The molecule has 0 aromatic carbocycles. The van der Waals surface area contributed by atoms with E-state index in [9.17, 15) is 0 Å². The fraction of sp³-hybridized carbons (Fsp3) is 0. The molecular formula is C11H5ClN4S2. The lowest BCUT2D eigenvalue weighted by Gasteiger charge is -2.00. The highest BCUT2D eigenvalue weighted by Gasteiger charge is 2.20. The summed E-state index contributed by atoms with van der Waals surface area (Å²) in [7, 11) is 0. The van der Waals surface area contributed by atoms with Crippen molar-refractivity contribution in [3.8, 4) is 22.9 Å².